The molecule has 0 aliphatic carbocycles. The van der Waals surface area contributed by atoms with E-state index in [0.29, 0.717) is 30.1 Å². The molecule has 0 spiro atoms. The Bertz CT molecular complexity index is 1320. The Labute approximate surface area is 216 Å². The second-order valence-electron chi connectivity index (χ2n) is 8.43. The molecule has 1 fully saturated rings. The summed E-state index contributed by atoms with van der Waals surface area (Å²) in [4.78, 5) is 12.9. The lowest BCUT2D eigenvalue weighted by Crippen LogP contribution is -2.40. The van der Waals surface area contributed by atoms with Gasteiger partial charge in [0.15, 0.2) is 5.78 Å². The Hall–Kier alpha value is -2.40. The highest BCUT2D eigenvalue weighted by molar-refractivity contribution is 7.91. The zero-order chi connectivity index (χ0) is 25.9. The van der Waals surface area contributed by atoms with Crippen LogP contribution in [0.25, 0.3) is 0 Å². The number of rotatable bonds is 9. The van der Waals surface area contributed by atoms with E-state index in [1.165, 1.54) is 28.6 Å². The van der Waals surface area contributed by atoms with Crippen LogP contribution in [-0.2, 0) is 34.0 Å². The maximum Gasteiger partial charge on any atom is 0.416 e. The molecular weight excluding hydrogens is 535 g/mol. The first kappa shape index (κ1) is 26.7. The molecule has 0 unspecified atom stereocenters. The number of hydrogen-bond donors (Lipinski definition) is 0. The van der Waals surface area contributed by atoms with Gasteiger partial charge in [-0.05, 0) is 60.7 Å². The van der Waals surface area contributed by atoms with Crippen LogP contribution in [0.4, 0.5) is 13.2 Å². The average Bonchev–Trinajstić information content (AvgIpc) is 3.52. The van der Waals surface area contributed by atoms with Gasteiger partial charge in [-0.2, -0.15) is 17.5 Å². The van der Waals surface area contributed by atoms with Crippen molar-refractivity contribution in [3.8, 4) is 5.75 Å². The van der Waals surface area contributed by atoms with Crippen molar-refractivity contribution < 1.29 is 31.1 Å². The van der Waals surface area contributed by atoms with Gasteiger partial charge >= 0.3 is 6.18 Å². The number of ketones is 1. The van der Waals surface area contributed by atoms with Crippen LogP contribution < -0.4 is 4.74 Å². The number of aryl methyl sites for hydroxylation is 1. The lowest BCUT2D eigenvalue weighted by atomic mass is 10.0. The lowest BCUT2D eigenvalue weighted by Gasteiger charge is -2.22. The van der Waals surface area contributed by atoms with E-state index < -0.39 is 27.8 Å². The van der Waals surface area contributed by atoms with E-state index in [9.17, 15) is 26.4 Å². The largest absolute Gasteiger partial charge is 0.489 e. The van der Waals surface area contributed by atoms with E-state index in [4.69, 9.17) is 16.3 Å². The van der Waals surface area contributed by atoms with Gasteiger partial charge in [-0.3, -0.25) is 4.79 Å². The predicted octanol–water partition coefficient (Wildman–Crippen LogP) is 6.35. The highest BCUT2D eigenvalue weighted by Crippen LogP contribution is 2.33. The summed E-state index contributed by atoms with van der Waals surface area (Å²) < 4.78 is 71.7. The number of hydrogen-bond acceptors (Lipinski definition) is 5. The van der Waals surface area contributed by atoms with E-state index in [1.807, 2.05) is 12.1 Å². The molecule has 0 saturated carbocycles. The van der Waals surface area contributed by atoms with Gasteiger partial charge in [0.05, 0.1) is 15.9 Å². The van der Waals surface area contributed by atoms with Gasteiger partial charge in [-0.25, -0.2) is 8.42 Å². The third-order valence-electron chi connectivity index (χ3n) is 5.94. The zero-order valence-corrected chi connectivity index (χ0v) is 21.4. The molecule has 0 radical (unpaired) electrons. The van der Waals surface area contributed by atoms with Crippen molar-refractivity contribution in [3.63, 3.8) is 0 Å². The van der Waals surface area contributed by atoms with Crippen molar-refractivity contribution in [2.45, 2.75) is 48.7 Å². The quantitative estimate of drug-likeness (QED) is 0.307. The van der Waals surface area contributed by atoms with E-state index in [2.05, 4.69) is 0 Å². The van der Waals surface area contributed by atoms with E-state index in [1.54, 1.807) is 12.1 Å². The fraction of sp³-hybridized carbons (Fsp3) is 0.320. The average molecular weight is 558 g/mol. The molecule has 1 aliphatic rings. The molecular formula is C25H23ClF3NO4S2. The molecule has 36 heavy (non-hydrogen) atoms. The highest BCUT2D eigenvalue weighted by Gasteiger charge is 2.39. The highest BCUT2D eigenvalue weighted by atomic mass is 35.5. The normalized spacial score (nSPS) is 16.8. The molecule has 0 bridgehead atoms. The third kappa shape index (κ3) is 6.29. The molecule has 1 saturated heterocycles. The van der Waals surface area contributed by atoms with Gasteiger partial charge < -0.3 is 4.74 Å². The maximum absolute atomic E-state index is 13.0. The summed E-state index contributed by atoms with van der Waals surface area (Å²) in [7, 11) is -3.77. The van der Waals surface area contributed by atoms with Crippen LogP contribution in [0.1, 0.15) is 36.0 Å². The number of halogens is 4. The Morgan fingerprint density at radius 3 is 2.47 bits per heavy atom. The molecule has 0 N–H and O–H groups in total. The first-order valence-electron chi connectivity index (χ1n) is 11.2. The summed E-state index contributed by atoms with van der Waals surface area (Å²) in [6, 6.07) is 14.3. The van der Waals surface area contributed by atoms with Gasteiger partial charge in [0.25, 0.3) is 10.0 Å². The van der Waals surface area contributed by atoms with E-state index in [0.717, 1.165) is 34.6 Å². The number of carbonyl (C=O) groups is 1. The Morgan fingerprint density at radius 2 is 1.81 bits per heavy atom. The van der Waals surface area contributed by atoms with Crippen molar-refractivity contribution in [1.29, 1.82) is 0 Å². The Kier molecular flexibility index (Phi) is 8.09. The first-order chi connectivity index (χ1) is 17.0. The number of nitrogens with zero attached hydrogens (tertiary/aromatic N) is 1. The fourth-order valence-electron chi connectivity index (χ4n) is 4.07. The minimum Gasteiger partial charge on any atom is -0.489 e. The van der Waals surface area contributed by atoms with Crippen molar-refractivity contribution in [3.05, 3.63) is 81.7 Å². The number of thiophene rings is 1. The summed E-state index contributed by atoms with van der Waals surface area (Å²) >= 11 is 6.87. The predicted molar refractivity (Wildman–Crippen MR) is 132 cm³/mol. The van der Waals surface area contributed by atoms with Crippen LogP contribution in [-0.4, -0.2) is 31.1 Å². The fourth-order valence-corrected chi connectivity index (χ4v) is 7.36. The Balaban J connectivity index is 1.32. The molecule has 192 valence electrons. The summed E-state index contributed by atoms with van der Waals surface area (Å²) in [5, 5.41) is 0. The number of carbonyl (C=O) groups excluding carboxylic acids is 1. The van der Waals surface area contributed by atoms with Crippen molar-refractivity contribution >= 4 is 38.7 Å². The number of sulfonamides is 1. The summed E-state index contributed by atoms with van der Waals surface area (Å²) in [5.74, 6) is -0.00364. The van der Waals surface area contributed by atoms with E-state index in [-0.39, 0.29) is 28.8 Å². The molecule has 0 amide bonds. The molecule has 2 aromatic carbocycles. The minimum absolute atomic E-state index is 0.0994. The van der Waals surface area contributed by atoms with Crippen LogP contribution in [0, 0.1) is 0 Å². The number of ether oxygens (including phenoxy) is 1. The van der Waals surface area contributed by atoms with Crippen LogP contribution in [0.15, 0.2) is 64.9 Å². The van der Waals surface area contributed by atoms with Gasteiger partial charge in [-0.15, -0.1) is 11.3 Å². The summed E-state index contributed by atoms with van der Waals surface area (Å²) in [6.07, 6.45) is -2.68. The molecule has 3 aromatic rings. The van der Waals surface area contributed by atoms with E-state index >= 15 is 0 Å². The molecule has 11 heteroatoms. The number of benzene rings is 2. The molecule has 1 atom stereocenters. The first-order valence-corrected chi connectivity index (χ1v) is 13.9. The third-order valence-corrected chi connectivity index (χ3v) is 9.54. The lowest BCUT2D eigenvalue weighted by molar-refractivity contribution is -0.137. The molecule has 4 rings (SSSR count). The molecule has 2 heterocycles. The van der Waals surface area contributed by atoms with Gasteiger partial charge in [0.2, 0.25) is 0 Å². The molecule has 5 nitrogen and oxygen atoms in total. The monoisotopic (exact) mass is 557 g/mol. The summed E-state index contributed by atoms with van der Waals surface area (Å²) in [6.45, 7) is 0.400. The zero-order valence-electron chi connectivity index (χ0n) is 19.0. The second-order valence-corrected chi connectivity index (χ2v) is 12.3. The van der Waals surface area contributed by atoms with Crippen molar-refractivity contribution in [2.75, 3.05) is 6.54 Å². The second kappa shape index (κ2) is 10.9. The number of alkyl halides is 3. The standard InChI is InChI=1S/C25H23ClF3NO4S2/c26-23-12-13-24(35-23)36(32,33)30-14-2-5-21(30)22(31)11-10-17-6-8-18(9-7-17)16-34-20-4-1-3-19(15-20)25(27,28)29/h1,3-4,6-9,12-13,15,21H,2,5,10-11,14,16H2/t21-/m0/s1. The van der Waals surface area contributed by atoms with Crippen molar-refractivity contribution in [1.82, 2.24) is 4.31 Å². The SMILES string of the molecule is O=C(CCc1ccc(COc2cccc(C(F)(F)F)c2)cc1)[C@@H]1CCCN1S(=O)(=O)c1ccc(Cl)s1. The van der Waals surface area contributed by atoms with Gasteiger partial charge in [-0.1, -0.05) is 41.9 Å². The minimum atomic E-state index is -4.43. The summed E-state index contributed by atoms with van der Waals surface area (Å²) in [5.41, 5.74) is 0.890. The number of Topliss-reactive ketones (excluding diaryl/α,β-unsaturated/α-hetero) is 1. The van der Waals surface area contributed by atoms with Gasteiger partial charge in [0.1, 0.15) is 16.6 Å². The van der Waals surface area contributed by atoms with Crippen LogP contribution in [0.3, 0.4) is 0 Å². The molecule has 1 aromatic heterocycles. The molecule has 1 aliphatic heterocycles. The van der Waals surface area contributed by atoms with Crippen LogP contribution in [0.2, 0.25) is 4.34 Å². The van der Waals surface area contributed by atoms with Crippen LogP contribution >= 0.6 is 22.9 Å². The smallest absolute Gasteiger partial charge is 0.416 e. The maximum atomic E-state index is 13.0. The van der Waals surface area contributed by atoms with Crippen LogP contribution in [0.5, 0.6) is 5.75 Å². The topological polar surface area (TPSA) is 63.7 Å². The van der Waals surface area contributed by atoms with Gasteiger partial charge in [0, 0.05) is 13.0 Å². The van der Waals surface area contributed by atoms with Crippen molar-refractivity contribution in [2.24, 2.45) is 0 Å². The Morgan fingerprint density at radius 1 is 1.08 bits per heavy atom.